The van der Waals surface area contributed by atoms with Gasteiger partial charge in [0.05, 0.1) is 23.1 Å². The van der Waals surface area contributed by atoms with E-state index in [1.165, 1.54) is 0 Å². The number of rotatable bonds is 5. The minimum absolute atomic E-state index is 0.0660. The van der Waals surface area contributed by atoms with Crippen LogP contribution in [0.1, 0.15) is 19.3 Å². The predicted octanol–water partition coefficient (Wildman–Crippen LogP) is 2.54. The molecular weight excluding hydrogens is 354 g/mol. The molecule has 0 radical (unpaired) electrons. The van der Waals surface area contributed by atoms with Crippen molar-refractivity contribution in [3.05, 3.63) is 22.4 Å². The maximum Gasteiger partial charge on any atom is 0.288 e. The second kappa shape index (κ2) is 5.80. The van der Waals surface area contributed by atoms with Crippen LogP contribution < -0.4 is 0 Å². The van der Waals surface area contributed by atoms with Gasteiger partial charge in [0.25, 0.3) is 10.7 Å². The summed E-state index contributed by atoms with van der Waals surface area (Å²) in [5.74, 6) is 1.05. The Bertz CT molecular complexity index is 849. The fourth-order valence-electron chi connectivity index (χ4n) is 3.02. The summed E-state index contributed by atoms with van der Waals surface area (Å²) in [7, 11) is -2.90. The van der Waals surface area contributed by atoms with E-state index >= 15 is 0 Å². The second-order valence-corrected chi connectivity index (χ2v) is 9.62. The average molecular weight is 372 g/mol. The Balaban J connectivity index is 1.57. The normalized spacial score (nSPS) is 23.6. The van der Waals surface area contributed by atoms with Gasteiger partial charge in [-0.1, -0.05) is 6.07 Å². The van der Waals surface area contributed by atoms with Gasteiger partial charge in [0.15, 0.2) is 9.84 Å². The van der Waals surface area contributed by atoms with Gasteiger partial charge in [-0.25, -0.2) is 13.1 Å². The maximum absolute atomic E-state index is 11.8. The summed E-state index contributed by atoms with van der Waals surface area (Å²) in [5.41, 5.74) is 0. The van der Waals surface area contributed by atoms with E-state index in [0.29, 0.717) is 29.9 Å². The number of nitrogens with zero attached hydrogens (tertiary/aromatic N) is 3. The third-order valence-electron chi connectivity index (χ3n) is 4.33. The summed E-state index contributed by atoms with van der Waals surface area (Å²) < 4.78 is 30.8. The van der Waals surface area contributed by atoms with Crippen LogP contribution in [0.15, 0.2) is 21.9 Å². The van der Waals surface area contributed by atoms with Crippen LogP contribution in [0.4, 0.5) is 0 Å². The number of sulfone groups is 1. The van der Waals surface area contributed by atoms with Gasteiger partial charge in [-0.05, 0) is 42.9 Å². The van der Waals surface area contributed by atoms with Crippen LogP contribution in [0.2, 0.25) is 0 Å². The van der Waals surface area contributed by atoms with Gasteiger partial charge in [-0.3, -0.25) is 4.90 Å². The highest BCUT2D eigenvalue weighted by Crippen LogP contribution is 2.33. The van der Waals surface area contributed by atoms with Crippen molar-refractivity contribution in [3.8, 4) is 10.8 Å². The standard InChI is InChI=1S/C14H17N3O3S3/c18-23(19)7-5-11(8-23)16(10-3-4-10)9-17-14(21)20-13(15-17)12-2-1-6-22-12/h1-2,6,10-11H,3-5,7-9H2/t11-/m0/s1. The molecular formula is C14H17N3O3S3. The second-order valence-electron chi connectivity index (χ2n) is 6.09. The van der Waals surface area contributed by atoms with E-state index in [1.807, 2.05) is 17.5 Å². The molecule has 3 heterocycles. The molecule has 0 bridgehead atoms. The molecule has 1 aliphatic heterocycles. The van der Waals surface area contributed by atoms with Crippen molar-refractivity contribution in [2.75, 3.05) is 11.5 Å². The molecule has 1 atom stereocenters. The van der Waals surface area contributed by atoms with Crippen molar-refractivity contribution in [2.45, 2.75) is 38.0 Å². The van der Waals surface area contributed by atoms with Gasteiger partial charge in [-0.15, -0.1) is 16.4 Å². The monoisotopic (exact) mass is 371 g/mol. The van der Waals surface area contributed by atoms with E-state index in [9.17, 15) is 8.42 Å². The molecule has 2 aliphatic rings. The molecule has 1 saturated heterocycles. The highest BCUT2D eigenvalue weighted by molar-refractivity contribution is 7.91. The summed E-state index contributed by atoms with van der Waals surface area (Å²) in [6, 6.07) is 4.39. The van der Waals surface area contributed by atoms with Gasteiger partial charge in [0, 0.05) is 12.1 Å². The zero-order chi connectivity index (χ0) is 16.0. The summed E-state index contributed by atoms with van der Waals surface area (Å²) in [4.78, 5) is 3.51. The van der Waals surface area contributed by atoms with Crippen LogP contribution in [0.3, 0.4) is 0 Å². The van der Waals surface area contributed by atoms with Gasteiger partial charge >= 0.3 is 0 Å². The van der Waals surface area contributed by atoms with Crippen molar-refractivity contribution < 1.29 is 12.8 Å². The Kier molecular flexibility index (Phi) is 3.91. The lowest BCUT2D eigenvalue weighted by molar-refractivity contribution is 0.143. The molecule has 0 spiro atoms. The Labute approximate surface area is 143 Å². The molecule has 0 amide bonds. The smallest absolute Gasteiger partial charge is 0.288 e. The summed E-state index contributed by atoms with van der Waals surface area (Å²) in [5, 5.41) is 6.44. The van der Waals surface area contributed by atoms with Gasteiger partial charge in [0.2, 0.25) is 0 Å². The Hall–Kier alpha value is -1.03. The predicted molar refractivity (Wildman–Crippen MR) is 90.6 cm³/mol. The molecule has 23 heavy (non-hydrogen) atoms. The zero-order valence-electron chi connectivity index (χ0n) is 12.4. The van der Waals surface area contributed by atoms with Crippen molar-refractivity contribution in [3.63, 3.8) is 0 Å². The van der Waals surface area contributed by atoms with Crippen LogP contribution in [0.5, 0.6) is 0 Å². The van der Waals surface area contributed by atoms with Crippen LogP contribution in [-0.2, 0) is 16.5 Å². The molecule has 0 N–H and O–H groups in total. The van der Waals surface area contributed by atoms with E-state index in [2.05, 4.69) is 10.00 Å². The number of aromatic nitrogens is 2. The van der Waals surface area contributed by atoms with E-state index in [4.69, 9.17) is 16.6 Å². The third kappa shape index (κ3) is 3.28. The van der Waals surface area contributed by atoms with E-state index < -0.39 is 9.84 Å². The van der Waals surface area contributed by atoms with Crippen LogP contribution in [-0.4, -0.2) is 46.7 Å². The summed E-state index contributed by atoms with van der Waals surface area (Å²) in [6.07, 6.45) is 2.92. The topological polar surface area (TPSA) is 68.3 Å². The molecule has 1 saturated carbocycles. The lowest BCUT2D eigenvalue weighted by Crippen LogP contribution is -2.39. The zero-order valence-corrected chi connectivity index (χ0v) is 14.9. The first-order valence-electron chi connectivity index (χ1n) is 7.60. The molecule has 2 fully saturated rings. The van der Waals surface area contributed by atoms with Crippen molar-refractivity contribution >= 4 is 33.4 Å². The van der Waals surface area contributed by atoms with Gasteiger partial charge < -0.3 is 4.42 Å². The summed E-state index contributed by atoms with van der Waals surface area (Å²) >= 11 is 6.84. The molecule has 0 unspecified atom stereocenters. The van der Waals surface area contributed by atoms with Crippen molar-refractivity contribution in [2.24, 2.45) is 0 Å². The SMILES string of the molecule is O=S1(=O)CC[C@H](N(Cn2nc(-c3cccs3)oc2=S)C2CC2)C1. The Morgan fingerprint density at radius 1 is 1.39 bits per heavy atom. The van der Waals surface area contributed by atoms with Gasteiger partial charge in [-0.2, -0.15) is 0 Å². The molecule has 4 rings (SSSR count). The van der Waals surface area contributed by atoms with Crippen molar-refractivity contribution in [1.29, 1.82) is 0 Å². The summed E-state index contributed by atoms with van der Waals surface area (Å²) in [6.45, 7) is 0.499. The Morgan fingerprint density at radius 2 is 2.22 bits per heavy atom. The van der Waals surface area contributed by atoms with E-state index in [-0.39, 0.29) is 17.5 Å². The highest BCUT2D eigenvalue weighted by Gasteiger charge is 2.40. The largest absolute Gasteiger partial charge is 0.408 e. The fraction of sp³-hybridized carbons (Fsp3) is 0.571. The quantitative estimate of drug-likeness (QED) is 0.753. The minimum Gasteiger partial charge on any atom is -0.408 e. The van der Waals surface area contributed by atoms with Crippen LogP contribution in [0, 0.1) is 4.84 Å². The first-order chi connectivity index (χ1) is 11.0. The maximum atomic E-state index is 11.8. The number of hydrogen-bond acceptors (Lipinski definition) is 7. The minimum atomic E-state index is -2.90. The molecule has 1 aliphatic carbocycles. The van der Waals surface area contributed by atoms with E-state index in [1.54, 1.807) is 16.0 Å². The first-order valence-corrected chi connectivity index (χ1v) is 10.7. The van der Waals surface area contributed by atoms with Crippen LogP contribution >= 0.6 is 23.6 Å². The molecule has 0 aromatic carbocycles. The van der Waals surface area contributed by atoms with Crippen LogP contribution in [0.25, 0.3) is 10.8 Å². The first kappa shape index (κ1) is 15.5. The lowest BCUT2D eigenvalue weighted by Gasteiger charge is -2.27. The molecule has 6 nitrogen and oxygen atoms in total. The lowest BCUT2D eigenvalue weighted by atomic mass is 10.2. The number of thiophene rings is 1. The average Bonchev–Trinajstić information content (AvgIpc) is 2.91. The van der Waals surface area contributed by atoms with Gasteiger partial charge in [0.1, 0.15) is 0 Å². The number of hydrogen-bond donors (Lipinski definition) is 0. The Morgan fingerprint density at radius 3 is 2.83 bits per heavy atom. The highest BCUT2D eigenvalue weighted by atomic mass is 32.2. The van der Waals surface area contributed by atoms with E-state index in [0.717, 1.165) is 17.7 Å². The third-order valence-corrected chi connectivity index (χ3v) is 7.23. The van der Waals surface area contributed by atoms with Crippen molar-refractivity contribution in [1.82, 2.24) is 14.7 Å². The fourth-order valence-corrected chi connectivity index (χ4v) is 5.59. The molecule has 2 aromatic rings. The molecule has 9 heteroatoms. The molecule has 2 aromatic heterocycles. The molecule has 124 valence electrons.